The molecule has 1 aromatic heterocycles. The number of H-pyrrole nitrogens is 1. The molecule has 2 saturated heterocycles. The minimum absolute atomic E-state index is 0.251. The number of amides is 1. The van der Waals surface area contributed by atoms with E-state index < -0.39 is 0 Å². The van der Waals surface area contributed by atoms with E-state index in [0.717, 1.165) is 75.1 Å². The summed E-state index contributed by atoms with van der Waals surface area (Å²) in [6, 6.07) is 8.85. The summed E-state index contributed by atoms with van der Waals surface area (Å²) in [6.07, 6.45) is 7.86. The zero-order valence-corrected chi connectivity index (χ0v) is 17.5. The maximum atomic E-state index is 13.6. The molecular weight excluding hydrogens is 362 g/mol. The Morgan fingerprint density at radius 1 is 1.21 bits per heavy atom. The number of benzene rings is 1. The Kier molecular flexibility index (Phi) is 5.08. The van der Waals surface area contributed by atoms with E-state index in [1.165, 1.54) is 12.8 Å². The van der Waals surface area contributed by atoms with Gasteiger partial charge < -0.3 is 15.2 Å². The smallest absolute Gasteiger partial charge is 0.228 e. The van der Waals surface area contributed by atoms with E-state index in [2.05, 4.69) is 39.3 Å². The molecule has 0 radical (unpaired) electrons. The second-order valence-corrected chi connectivity index (χ2v) is 9.41. The number of hydrogen-bond donors (Lipinski definition) is 2. The number of likely N-dealkylation sites (tertiary alicyclic amines) is 2. The van der Waals surface area contributed by atoms with Gasteiger partial charge in [-0.3, -0.25) is 9.69 Å². The molecule has 0 spiro atoms. The molecule has 1 aromatic carbocycles. The summed E-state index contributed by atoms with van der Waals surface area (Å²) in [7, 11) is 2.19. The fourth-order valence-corrected chi connectivity index (χ4v) is 5.87. The van der Waals surface area contributed by atoms with Crippen LogP contribution in [-0.2, 0) is 11.3 Å². The molecule has 0 bridgehead atoms. The Bertz CT molecular complexity index is 840. The average Bonchev–Trinajstić information content (AvgIpc) is 3.37. The molecule has 0 unspecified atom stereocenters. The monoisotopic (exact) mass is 395 g/mol. The normalized spacial score (nSPS) is 29.2. The molecule has 2 aliphatic heterocycles. The largest absolute Gasteiger partial charge is 0.353 e. The number of hydrogen-bond acceptors (Lipinski definition) is 4. The molecule has 6 nitrogen and oxygen atoms in total. The topological polar surface area (TPSA) is 64.3 Å². The molecule has 2 aromatic rings. The maximum absolute atomic E-state index is 13.6. The van der Waals surface area contributed by atoms with E-state index in [-0.39, 0.29) is 11.5 Å². The number of aromatic amines is 1. The average molecular weight is 396 g/mol. The van der Waals surface area contributed by atoms with Crippen molar-refractivity contribution in [2.24, 2.45) is 5.41 Å². The Morgan fingerprint density at radius 2 is 2.03 bits per heavy atom. The second-order valence-electron chi connectivity index (χ2n) is 9.41. The number of imidazole rings is 1. The number of nitrogens with zero attached hydrogens (tertiary/aromatic N) is 3. The molecule has 2 N–H and O–H groups in total. The zero-order chi connectivity index (χ0) is 19.8. The first kappa shape index (κ1) is 19.1. The Labute approximate surface area is 173 Å². The highest BCUT2D eigenvalue weighted by atomic mass is 16.2. The maximum Gasteiger partial charge on any atom is 0.228 e. The van der Waals surface area contributed by atoms with Gasteiger partial charge in [0.2, 0.25) is 5.91 Å². The summed E-state index contributed by atoms with van der Waals surface area (Å²) >= 11 is 0. The molecule has 29 heavy (non-hydrogen) atoms. The summed E-state index contributed by atoms with van der Waals surface area (Å²) in [5.74, 6) is 1.32. The second kappa shape index (κ2) is 7.73. The van der Waals surface area contributed by atoms with Crippen LogP contribution in [0.2, 0.25) is 0 Å². The van der Waals surface area contributed by atoms with Crippen molar-refractivity contribution in [3.8, 4) is 0 Å². The van der Waals surface area contributed by atoms with Crippen molar-refractivity contribution in [1.82, 2.24) is 25.1 Å². The molecule has 156 valence electrons. The van der Waals surface area contributed by atoms with Crippen LogP contribution in [0.4, 0.5) is 0 Å². The van der Waals surface area contributed by atoms with Crippen LogP contribution in [0.1, 0.15) is 50.8 Å². The van der Waals surface area contributed by atoms with Gasteiger partial charge in [-0.1, -0.05) is 25.0 Å². The first-order valence-corrected chi connectivity index (χ1v) is 11.3. The third kappa shape index (κ3) is 3.57. The number of aromatic nitrogens is 2. The third-order valence-electron chi connectivity index (χ3n) is 7.50. The van der Waals surface area contributed by atoms with Crippen LogP contribution < -0.4 is 5.32 Å². The summed E-state index contributed by atoms with van der Waals surface area (Å²) in [6.45, 7) is 3.78. The number of rotatable bonds is 4. The summed E-state index contributed by atoms with van der Waals surface area (Å²) in [4.78, 5) is 26.8. The van der Waals surface area contributed by atoms with E-state index in [1.807, 2.05) is 12.1 Å². The Hall–Kier alpha value is -1.92. The summed E-state index contributed by atoms with van der Waals surface area (Å²) in [5.41, 5.74) is 1.86. The van der Waals surface area contributed by atoms with Gasteiger partial charge in [-0.2, -0.15) is 0 Å². The molecule has 3 fully saturated rings. The molecule has 1 aliphatic carbocycles. The number of carbonyl (C=O) groups is 1. The molecule has 1 saturated carbocycles. The first-order chi connectivity index (χ1) is 14.1. The highest BCUT2D eigenvalue weighted by Crippen LogP contribution is 2.43. The molecule has 6 heteroatoms. The molecule has 5 rings (SSSR count). The number of nitrogens with one attached hydrogen (secondary N) is 2. The van der Waals surface area contributed by atoms with Gasteiger partial charge in [0.25, 0.3) is 0 Å². The lowest BCUT2D eigenvalue weighted by Gasteiger charge is -2.53. The van der Waals surface area contributed by atoms with Crippen LogP contribution in [-0.4, -0.2) is 64.4 Å². The fourth-order valence-electron chi connectivity index (χ4n) is 5.87. The Balaban J connectivity index is 1.39. The number of likely N-dealkylation sites (N-methyl/N-ethyl adjacent to an activating group) is 1. The van der Waals surface area contributed by atoms with Crippen molar-refractivity contribution >= 4 is 16.9 Å². The van der Waals surface area contributed by atoms with E-state index in [0.29, 0.717) is 11.9 Å². The van der Waals surface area contributed by atoms with Gasteiger partial charge >= 0.3 is 0 Å². The van der Waals surface area contributed by atoms with Crippen LogP contribution in [0.15, 0.2) is 24.3 Å². The molecule has 3 aliphatic rings. The van der Waals surface area contributed by atoms with E-state index in [9.17, 15) is 4.79 Å². The van der Waals surface area contributed by atoms with Crippen molar-refractivity contribution in [3.05, 3.63) is 30.1 Å². The fraction of sp³-hybridized carbons (Fsp3) is 0.652. The number of piperidine rings is 2. The van der Waals surface area contributed by atoms with Gasteiger partial charge in [0.05, 0.1) is 23.0 Å². The summed E-state index contributed by atoms with van der Waals surface area (Å²) in [5, 5.41) is 3.45. The standard InChI is InChI=1S/C23H33N5O/c1-27-14-12-23(22(29)24-17-7-2-3-8-17)11-6-13-28(20(23)15-27)16-21-25-18-9-4-5-10-19(18)26-21/h4-5,9-10,17,20H,2-3,6-8,11-16H2,1H3,(H,24,29)(H,25,26)/t20-,23+/m0/s1. The SMILES string of the molecule is CN1CC[C@]2(C(=O)NC3CCCC3)CCCN(Cc3nc4ccccc4[nH]3)[C@H]2C1. The third-order valence-corrected chi connectivity index (χ3v) is 7.50. The van der Waals surface area contributed by atoms with Crippen molar-refractivity contribution in [2.75, 3.05) is 26.7 Å². The van der Waals surface area contributed by atoms with Gasteiger partial charge in [-0.15, -0.1) is 0 Å². The lowest BCUT2D eigenvalue weighted by molar-refractivity contribution is -0.145. The first-order valence-electron chi connectivity index (χ1n) is 11.3. The van der Waals surface area contributed by atoms with Crippen LogP contribution in [0.3, 0.4) is 0 Å². The van der Waals surface area contributed by atoms with Crippen molar-refractivity contribution in [2.45, 2.75) is 63.6 Å². The van der Waals surface area contributed by atoms with Crippen molar-refractivity contribution in [1.29, 1.82) is 0 Å². The predicted molar refractivity (Wildman–Crippen MR) is 114 cm³/mol. The van der Waals surface area contributed by atoms with Gasteiger partial charge in [0, 0.05) is 18.6 Å². The van der Waals surface area contributed by atoms with Crippen LogP contribution in [0.25, 0.3) is 11.0 Å². The van der Waals surface area contributed by atoms with Crippen LogP contribution in [0, 0.1) is 5.41 Å². The quantitative estimate of drug-likeness (QED) is 0.836. The zero-order valence-electron chi connectivity index (χ0n) is 17.5. The highest BCUT2D eigenvalue weighted by molar-refractivity contribution is 5.84. The number of carbonyl (C=O) groups excluding carboxylic acids is 1. The minimum Gasteiger partial charge on any atom is -0.353 e. The lowest BCUT2D eigenvalue weighted by Crippen LogP contribution is -2.65. The number of fused-ring (bicyclic) bond motifs is 2. The minimum atomic E-state index is -0.251. The van der Waals surface area contributed by atoms with Crippen molar-refractivity contribution < 1.29 is 4.79 Å². The molecule has 3 heterocycles. The van der Waals surface area contributed by atoms with Gasteiger partial charge in [-0.25, -0.2) is 4.98 Å². The summed E-state index contributed by atoms with van der Waals surface area (Å²) < 4.78 is 0. The Morgan fingerprint density at radius 3 is 2.86 bits per heavy atom. The van der Waals surface area contributed by atoms with E-state index >= 15 is 0 Å². The van der Waals surface area contributed by atoms with Crippen LogP contribution in [0.5, 0.6) is 0 Å². The lowest BCUT2D eigenvalue weighted by atomic mass is 9.67. The van der Waals surface area contributed by atoms with Crippen molar-refractivity contribution in [3.63, 3.8) is 0 Å². The molecule has 2 atom stereocenters. The van der Waals surface area contributed by atoms with E-state index in [1.54, 1.807) is 0 Å². The molecular formula is C23H33N5O. The predicted octanol–water partition coefficient (Wildman–Crippen LogP) is 2.91. The number of para-hydroxylation sites is 2. The van der Waals surface area contributed by atoms with Gasteiger partial charge in [0.1, 0.15) is 5.82 Å². The van der Waals surface area contributed by atoms with E-state index in [4.69, 9.17) is 4.98 Å². The van der Waals surface area contributed by atoms with Gasteiger partial charge in [-0.05, 0) is 64.4 Å². The highest BCUT2D eigenvalue weighted by Gasteiger charge is 2.52. The van der Waals surface area contributed by atoms with Crippen LogP contribution >= 0.6 is 0 Å². The molecule has 1 amide bonds. The van der Waals surface area contributed by atoms with Gasteiger partial charge in [0.15, 0.2) is 0 Å².